The van der Waals surface area contributed by atoms with Crippen molar-refractivity contribution in [3.8, 4) is 0 Å². The van der Waals surface area contributed by atoms with Crippen molar-refractivity contribution >= 4 is 19.8 Å². The normalized spacial score (nSPS) is 15.4. The third-order valence-corrected chi connectivity index (χ3v) is 10.8. The molecule has 4 N–H and O–H groups in total. The number of hydrogen-bond acceptors (Lipinski definition) is 10. The summed E-state index contributed by atoms with van der Waals surface area (Å²) in [5, 5.41) is 28.4. The van der Waals surface area contributed by atoms with Gasteiger partial charge in [0.2, 0.25) is 0 Å². The molecule has 0 spiro atoms. The molecule has 0 saturated heterocycles. The van der Waals surface area contributed by atoms with Crippen LogP contribution in [0, 0.1) is 5.92 Å². The highest BCUT2D eigenvalue weighted by Gasteiger charge is 2.27. The Bertz CT molecular complexity index is 1200. The van der Waals surface area contributed by atoms with Crippen LogP contribution in [0.25, 0.3) is 0 Å². The van der Waals surface area contributed by atoms with E-state index >= 15 is 0 Å². The second-order valence-corrected chi connectivity index (χ2v) is 16.9. The van der Waals surface area contributed by atoms with Gasteiger partial charge < -0.3 is 29.7 Å². The highest BCUT2D eigenvalue weighted by Crippen LogP contribution is 2.43. The number of hydrogen-bond donors (Lipinski definition) is 4. The van der Waals surface area contributed by atoms with Gasteiger partial charge in [-0.3, -0.25) is 18.6 Å². The zero-order valence-electron chi connectivity index (χ0n) is 37.0. The van der Waals surface area contributed by atoms with E-state index in [9.17, 15) is 29.3 Å². The lowest BCUT2D eigenvalue weighted by molar-refractivity contribution is -0.161. The van der Waals surface area contributed by atoms with Gasteiger partial charge in [-0.25, -0.2) is 4.57 Å². The predicted molar refractivity (Wildman–Crippen MR) is 239 cm³/mol. The zero-order chi connectivity index (χ0) is 43.7. The van der Waals surface area contributed by atoms with Crippen LogP contribution in [0.5, 0.6) is 0 Å². The minimum Gasteiger partial charge on any atom is -0.462 e. The third-order valence-electron chi connectivity index (χ3n) is 9.81. The van der Waals surface area contributed by atoms with Crippen molar-refractivity contribution in [3.05, 3.63) is 60.8 Å². The molecule has 59 heavy (non-hydrogen) atoms. The quantitative estimate of drug-likeness (QED) is 0.0152. The first-order chi connectivity index (χ1) is 28.5. The molecular formula is C47H83O11P. The molecule has 0 amide bonds. The Hall–Kier alpha value is -2.37. The van der Waals surface area contributed by atoms with Crippen LogP contribution in [0.15, 0.2) is 60.8 Å². The fraction of sp³-hybridized carbons (Fsp3) is 0.745. The number of phosphoric ester groups is 1. The third kappa shape index (κ3) is 40.8. The standard InChI is InChI=1S/C47H83O11P/c1-4-6-7-8-24-29-34-43(49)35-30-25-20-17-18-22-27-32-37-47(52)58-45(41-57-59(53,54)56-39-44(50)38-48)40-55-46(51)36-31-26-21-16-14-12-10-9-11-13-15-19-23-28-33-42(3)5-2/h6-7,18,20,22,24-25,29-30,35,42-45,48-50H,4-5,8-17,19,21,23,26-28,31-34,36-41H2,1-3H3,(H,53,54)/b7-6-,22-18-,25-20-,29-24-,35-30+/t42?,43?,44-,45+/m0/s1. The van der Waals surface area contributed by atoms with Crippen molar-refractivity contribution in [2.75, 3.05) is 26.4 Å². The van der Waals surface area contributed by atoms with Crippen LogP contribution < -0.4 is 0 Å². The number of allylic oxidation sites excluding steroid dienone is 8. The van der Waals surface area contributed by atoms with E-state index in [1.807, 2.05) is 42.5 Å². The number of unbranched alkanes of at least 4 members (excludes halogenated alkanes) is 14. The van der Waals surface area contributed by atoms with Gasteiger partial charge >= 0.3 is 19.8 Å². The van der Waals surface area contributed by atoms with E-state index in [1.54, 1.807) is 6.08 Å². The largest absolute Gasteiger partial charge is 0.472 e. The molecule has 0 aromatic rings. The summed E-state index contributed by atoms with van der Waals surface area (Å²) in [5.41, 5.74) is 0. The molecule has 0 heterocycles. The van der Waals surface area contributed by atoms with Crippen LogP contribution in [0.4, 0.5) is 0 Å². The minimum absolute atomic E-state index is 0.0727. The van der Waals surface area contributed by atoms with E-state index < -0.39 is 57.9 Å². The summed E-state index contributed by atoms with van der Waals surface area (Å²) in [6, 6.07) is 0. The molecule has 0 aliphatic carbocycles. The summed E-state index contributed by atoms with van der Waals surface area (Å²) in [6.45, 7) is 4.48. The van der Waals surface area contributed by atoms with Crippen LogP contribution in [0.3, 0.4) is 0 Å². The van der Waals surface area contributed by atoms with Gasteiger partial charge in [0.15, 0.2) is 6.10 Å². The van der Waals surface area contributed by atoms with Crippen molar-refractivity contribution in [2.24, 2.45) is 5.92 Å². The first-order valence-corrected chi connectivity index (χ1v) is 24.2. The number of esters is 2. The number of aliphatic hydroxyl groups excluding tert-OH is 3. The molecule has 0 aromatic carbocycles. The molecule has 12 heteroatoms. The highest BCUT2D eigenvalue weighted by molar-refractivity contribution is 7.47. The number of rotatable bonds is 41. The molecule has 0 aliphatic rings. The Labute approximate surface area is 358 Å². The average molecular weight is 855 g/mol. The van der Waals surface area contributed by atoms with E-state index in [0.29, 0.717) is 32.1 Å². The predicted octanol–water partition coefficient (Wildman–Crippen LogP) is 11.1. The fourth-order valence-electron chi connectivity index (χ4n) is 5.91. The Balaban J connectivity index is 4.41. The molecule has 0 saturated carbocycles. The molecular weight excluding hydrogens is 771 g/mol. The molecule has 0 aromatic heterocycles. The summed E-state index contributed by atoms with van der Waals surface area (Å²) in [6.07, 6.45) is 40.8. The summed E-state index contributed by atoms with van der Waals surface area (Å²) in [7, 11) is -4.65. The van der Waals surface area contributed by atoms with E-state index in [4.69, 9.17) is 19.1 Å². The van der Waals surface area contributed by atoms with Gasteiger partial charge in [-0.15, -0.1) is 0 Å². The number of phosphoric acid groups is 1. The van der Waals surface area contributed by atoms with E-state index in [2.05, 4.69) is 37.4 Å². The van der Waals surface area contributed by atoms with Gasteiger partial charge in [-0.05, 0) is 50.9 Å². The molecule has 0 radical (unpaired) electrons. The number of carbonyl (C=O) groups is 2. The SMILES string of the molecule is CC/C=C\C/C=C\CC(O)/C=C/C=C\C/C=C\CCCC(=O)O[C@H](COC(=O)CCCCCCCCCCCCCCCCC(C)CC)COP(=O)(O)OC[C@@H](O)CO. The van der Waals surface area contributed by atoms with Gasteiger partial charge in [-0.1, -0.05) is 178 Å². The molecule has 342 valence electrons. The van der Waals surface area contributed by atoms with Crippen LogP contribution in [0.2, 0.25) is 0 Å². The van der Waals surface area contributed by atoms with Gasteiger partial charge in [-0.2, -0.15) is 0 Å². The Morgan fingerprint density at radius 2 is 1.20 bits per heavy atom. The minimum atomic E-state index is -4.65. The molecule has 0 rings (SSSR count). The molecule has 5 atom stereocenters. The van der Waals surface area contributed by atoms with Gasteiger partial charge in [0, 0.05) is 12.8 Å². The lowest BCUT2D eigenvalue weighted by atomic mass is 9.99. The van der Waals surface area contributed by atoms with Crippen molar-refractivity contribution in [1.29, 1.82) is 0 Å². The number of aliphatic hydroxyl groups is 3. The number of carbonyl (C=O) groups excluding carboxylic acids is 2. The van der Waals surface area contributed by atoms with Crippen molar-refractivity contribution in [1.82, 2.24) is 0 Å². The lowest BCUT2D eigenvalue weighted by Crippen LogP contribution is -2.29. The Morgan fingerprint density at radius 1 is 0.644 bits per heavy atom. The maximum atomic E-state index is 12.6. The van der Waals surface area contributed by atoms with E-state index in [-0.39, 0.29) is 19.4 Å². The summed E-state index contributed by atoms with van der Waals surface area (Å²) in [4.78, 5) is 35.0. The first-order valence-electron chi connectivity index (χ1n) is 22.7. The van der Waals surface area contributed by atoms with Crippen molar-refractivity contribution < 1.29 is 52.9 Å². The van der Waals surface area contributed by atoms with Gasteiger partial charge in [0.25, 0.3) is 0 Å². The van der Waals surface area contributed by atoms with Crippen LogP contribution in [-0.2, 0) is 32.7 Å². The van der Waals surface area contributed by atoms with Crippen molar-refractivity contribution in [3.63, 3.8) is 0 Å². The van der Waals surface area contributed by atoms with Crippen LogP contribution in [0.1, 0.15) is 175 Å². The smallest absolute Gasteiger partial charge is 0.462 e. The maximum absolute atomic E-state index is 12.6. The first kappa shape index (κ1) is 56.6. The molecule has 0 bridgehead atoms. The molecule has 0 fully saturated rings. The topological polar surface area (TPSA) is 169 Å². The number of ether oxygens (including phenoxy) is 2. The van der Waals surface area contributed by atoms with E-state index in [1.165, 1.54) is 77.0 Å². The van der Waals surface area contributed by atoms with Crippen LogP contribution >= 0.6 is 7.82 Å². The lowest BCUT2D eigenvalue weighted by Gasteiger charge is -2.20. The van der Waals surface area contributed by atoms with E-state index in [0.717, 1.165) is 38.0 Å². The van der Waals surface area contributed by atoms with Gasteiger partial charge in [0.1, 0.15) is 12.7 Å². The fourth-order valence-corrected chi connectivity index (χ4v) is 6.70. The Kier molecular flexibility index (Phi) is 39.4. The van der Waals surface area contributed by atoms with Crippen LogP contribution in [-0.4, -0.2) is 76.9 Å². The maximum Gasteiger partial charge on any atom is 0.472 e. The van der Waals surface area contributed by atoms with Gasteiger partial charge in [0.05, 0.1) is 25.9 Å². The zero-order valence-corrected chi connectivity index (χ0v) is 37.9. The summed E-state index contributed by atoms with van der Waals surface area (Å²) >= 11 is 0. The highest BCUT2D eigenvalue weighted by atomic mass is 31.2. The summed E-state index contributed by atoms with van der Waals surface area (Å²) < 4.78 is 32.7. The molecule has 11 nitrogen and oxygen atoms in total. The van der Waals surface area contributed by atoms with Crippen molar-refractivity contribution in [2.45, 2.75) is 193 Å². The molecule has 0 aliphatic heterocycles. The average Bonchev–Trinajstić information content (AvgIpc) is 3.22. The molecule has 3 unspecified atom stereocenters. The monoisotopic (exact) mass is 855 g/mol. The Morgan fingerprint density at radius 3 is 1.83 bits per heavy atom. The second-order valence-electron chi connectivity index (χ2n) is 15.5. The summed E-state index contributed by atoms with van der Waals surface area (Å²) in [5.74, 6) is -0.164. The second kappa shape index (κ2) is 41.0.